The van der Waals surface area contributed by atoms with Crippen molar-refractivity contribution in [2.45, 2.75) is 118 Å². The first-order valence-corrected chi connectivity index (χ1v) is 14.3. The SMILES string of the molecule is CC(C)CCC[C@@H](C)[C@H]1CC[C@H]2[C@@H]3CC[C@H]4C[C@@H](OC(=S)[S-])CC[C@]4(C)[C@H]3CC[C@]12C.[K+]. The zero-order valence-corrected chi connectivity index (χ0v) is 26.6. The van der Waals surface area contributed by atoms with Gasteiger partial charge in [-0.05, 0) is 110 Å². The Hall–Kier alpha value is 1.75. The van der Waals surface area contributed by atoms with Crippen molar-refractivity contribution >= 4 is 29.2 Å². The van der Waals surface area contributed by atoms with Crippen LogP contribution in [0.25, 0.3) is 0 Å². The Morgan fingerprint density at radius 3 is 2.31 bits per heavy atom. The van der Waals surface area contributed by atoms with Gasteiger partial charge in [0.25, 0.3) is 0 Å². The average Bonchev–Trinajstić information content (AvgIpc) is 3.05. The summed E-state index contributed by atoms with van der Waals surface area (Å²) in [7, 11) is 0. The fourth-order valence-electron chi connectivity index (χ4n) is 9.49. The molecule has 0 aromatic rings. The minimum absolute atomic E-state index is 0. The van der Waals surface area contributed by atoms with Crippen LogP contribution in [0.2, 0.25) is 0 Å². The summed E-state index contributed by atoms with van der Waals surface area (Å²) in [6, 6.07) is 0. The van der Waals surface area contributed by atoms with E-state index in [1.807, 2.05) is 0 Å². The molecule has 9 atom stereocenters. The van der Waals surface area contributed by atoms with Gasteiger partial charge in [-0.15, -0.1) is 0 Å². The maximum absolute atomic E-state index is 5.84. The maximum Gasteiger partial charge on any atom is 1.00 e. The number of hydrogen-bond acceptors (Lipinski definition) is 3. The molecule has 0 saturated heterocycles. The molecular formula is C28H47KOS2. The van der Waals surface area contributed by atoms with Gasteiger partial charge in [0, 0.05) is 4.38 Å². The number of thiocarbonyl (C=S) groups is 1. The van der Waals surface area contributed by atoms with Gasteiger partial charge in [0.15, 0.2) is 0 Å². The Morgan fingerprint density at radius 2 is 1.62 bits per heavy atom. The first kappa shape index (κ1) is 28.3. The van der Waals surface area contributed by atoms with E-state index in [9.17, 15) is 0 Å². The Morgan fingerprint density at radius 1 is 0.938 bits per heavy atom. The van der Waals surface area contributed by atoms with Crippen LogP contribution in [-0.4, -0.2) is 10.5 Å². The van der Waals surface area contributed by atoms with Crippen molar-refractivity contribution < 1.29 is 56.1 Å². The molecule has 0 aromatic heterocycles. The molecule has 4 rings (SSSR count). The maximum atomic E-state index is 5.84. The molecule has 0 spiro atoms. The molecule has 0 N–H and O–H groups in total. The second kappa shape index (κ2) is 11.4. The van der Waals surface area contributed by atoms with Crippen LogP contribution in [-0.2, 0) is 17.4 Å². The predicted molar refractivity (Wildman–Crippen MR) is 138 cm³/mol. The van der Waals surface area contributed by atoms with Gasteiger partial charge in [0.2, 0.25) is 0 Å². The molecule has 32 heavy (non-hydrogen) atoms. The fraction of sp³-hybridized carbons (Fsp3) is 0.964. The van der Waals surface area contributed by atoms with Crippen LogP contribution < -0.4 is 51.4 Å². The van der Waals surface area contributed by atoms with Crippen LogP contribution in [0.3, 0.4) is 0 Å². The van der Waals surface area contributed by atoms with E-state index in [1.165, 1.54) is 70.6 Å². The normalized spacial score (nSPS) is 44.1. The summed E-state index contributed by atoms with van der Waals surface area (Å²) in [5.74, 6) is 6.44. The summed E-state index contributed by atoms with van der Waals surface area (Å²) < 4.78 is 6.17. The largest absolute Gasteiger partial charge is 1.00 e. The number of fused-ring (bicyclic) bond motifs is 5. The van der Waals surface area contributed by atoms with E-state index in [1.54, 1.807) is 0 Å². The van der Waals surface area contributed by atoms with Crippen molar-refractivity contribution in [3.63, 3.8) is 0 Å². The molecule has 4 aliphatic carbocycles. The van der Waals surface area contributed by atoms with Crippen LogP contribution in [0.4, 0.5) is 0 Å². The minimum Gasteiger partial charge on any atom is -0.510 e. The summed E-state index contributed by atoms with van der Waals surface area (Å²) in [4.78, 5) is 0. The molecule has 0 heterocycles. The van der Waals surface area contributed by atoms with Gasteiger partial charge < -0.3 is 29.6 Å². The van der Waals surface area contributed by atoms with Crippen LogP contribution in [0.15, 0.2) is 0 Å². The molecule has 1 nitrogen and oxygen atoms in total. The molecule has 4 fully saturated rings. The fourth-order valence-corrected chi connectivity index (χ4v) is 9.76. The third-order valence-corrected chi connectivity index (χ3v) is 11.3. The standard InChI is InChI=1S/C28H48OS2.K/c1-18(2)7-6-8-19(3)23-11-12-24-22-10-9-20-17-21(29-26(30)31)13-15-27(20,4)25(22)14-16-28(23,24)5;/h18-25H,6-17H2,1-5H3,(H,30,31);/q;+1/p-1/t19-,20+,21+,22+,23-,24+,25+,27+,28-;/m1./s1. The quantitative estimate of drug-likeness (QED) is 0.276. The molecule has 0 aromatic carbocycles. The van der Waals surface area contributed by atoms with Gasteiger partial charge in [0.05, 0.1) is 6.10 Å². The molecular weight excluding hydrogens is 456 g/mol. The Balaban J connectivity index is 0.00000289. The first-order valence-electron chi connectivity index (χ1n) is 13.5. The topological polar surface area (TPSA) is 9.23 Å². The average molecular weight is 503 g/mol. The molecule has 0 aliphatic heterocycles. The summed E-state index contributed by atoms with van der Waals surface area (Å²) in [5, 5.41) is 0. The minimum atomic E-state index is 0. The van der Waals surface area contributed by atoms with Gasteiger partial charge in [-0.2, -0.15) is 0 Å². The van der Waals surface area contributed by atoms with Gasteiger partial charge in [-0.1, -0.05) is 53.9 Å². The zero-order valence-electron chi connectivity index (χ0n) is 21.8. The summed E-state index contributed by atoms with van der Waals surface area (Å²) in [6.07, 6.45) is 17.1. The van der Waals surface area contributed by atoms with Crippen molar-refractivity contribution in [2.75, 3.05) is 0 Å². The van der Waals surface area contributed by atoms with Gasteiger partial charge >= 0.3 is 51.4 Å². The number of rotatable bonds is 6. The van der Waals surface area contributed by atoms with Crippen molar-refractivity contribution in [1.82, 2.24) is 0 Å². The van der Waals surface area contributed by atoms with Crippen molar-refractivity contribution in [2.24, 2.45) is 52.3 Å². The third-order valence-electron chi connectivity index (χ3n) is 11.1. The predicted octanol–water partition coefficient (Wildman–Crippen LogP) is 5.33. The van der Waals surface area contributed by atoms with Crippen molar-refractivity contribution in [3.8, 4) is 0 Å². The molecule has 178 valence electrons. The van der Waals surface area contributed by atoms with E-state index in [4.69, 9.17) is 29.6 Å². The van der Waals surface area contributed by atoms with Crippen LogP contribution >= 0.6 is 12.2 Å². The summed E-state index contributed by atoms with van der Waals surface area (Å²) in [6.45, 7) is 12.7. The van der Waals surface area contributed by atoms with Crippen molar-refractivity contribution in [1.29, 1.82) is 0 Å². The zero-order chi connectivity index (χ0) is 22.4. The van der Waals surface area contributed by atoms with Gasteiger partial charge in [0.1, 0.15) is 0 Å². The van der Waals surface area contributed by atoms with Gasteiger partial charge in [-0.25, -0.2) is 0 Å². The van der Waals surface area contributed by atoms with E-state index in [0.29, 0.717) is 15.2 Å². The molecule has 0 bridgehead atoms. The Bertz CT molecular complexity index is 653. The van der Waals surface area contributed by atoms with Crippen LogP contribution in [0, 0.1) is 52.3 Å². The second-order valence-electron chi connectivity index (χ2n) is 13.0. The van der Waals surface area contributed by atoms with E-state index < -0.39 is 0 Å². The summed E-state index contributed by atoms with van der Waals surface area (Å²) in [5.41, 5.74) is 1.13. The first-order chi connectivity index (χ1) is 14.6. The monoisotopic (exact) mass is 502 g/mol. The van der Waals surface area contributed by atoms with E-state index in [0.717, 1.165) is 47.8 Å². The number of hydrogen-bond donors (Lipinski definition) is 0. The second-order valence-corrected chi connectivity index (χ2v) is 14.0. The number of ether oxygens (including phenoxy) is 1. The molecule has 0 amide bonds. The van der Waals surface area contributed by atoms with Crippen LogP contribution in [0.5, 0.6) is 0 Å². The molecule has 4 saturated carbocycles. The van der Waals surface area contributed by atoms with Gasteiger partial charge in [-0.3, -0.25) is 0 Å². The van der Waals surface area contributed by atoms with E-state index >= 15 is 0 Å². The Kier molecular flexibility index (Phi) is 10.1. The molecule has 0 unspecified atom stereocenters. The van der Waals surface area contributed by atoms with Crippen LogP contribution in [0.1, 0.15) is 112 Å². The van der Waals surface area contributed by atoms with E-state index in [2.05, 4.69) is 34.6 Å². The Labute approximate surface area is 252 Å². The van der Waals surface area contributed by atoms with E-state index in [-0.39, 0.29) is 57.5 Å². The summed E-state index contributed by atoms with van der Waals surface area (Å²) >= 11 is 10.1. The molecule has 4 aliphatic rings. The van der Waals surface area contributed by atoms with Crippen molar-refractivity contribution in [3.05, 3.63) is 0 Å². The smallest absolute Gasteiger partial charge is 0.510 e. The molecule has 0 radical (unpaired) electrons. The molecule has 4 heteroatoms. The third kappa shape index (κ3) is 5.52.